The van der Waals surface area contributed by atoms with E-state index in [1.807, 2.05) is 0 Å². The number of hydrogen-bond donors (Lipinski definition) is 1. The van der Waals surface area contributed by atoms with Gasteiger partial charge < -0.3 is 5.73 Å². The second-order valence-corrected chi connectivity index (χ2v) is 5.11. The highest BCUT2D eigenvalue weighted by Crippen LogP contribution is 2.39. The molecule has 0 unspecified atom stereocenters. The highest BCUT2D eigenvalue weighted by molar-refractivity contribution is 6.42. The number of halogens is 3. The number of aromatic nitrogens is 1. The molecule has 0 saturated heterocycles. The molecule has 1 heterocycles. The summed E-state index contributed by atoms with van der Waals surface area (Å²) in [6.07, 6.45) is 1.79. The van der Waals surface area contributed by atoms with E-state index >= 15 is 0 Å². The van der Waals surface area contributed by atoms with E-state index in [4.69, 9.17) is 45.8 Å². The normalized spacial score (nSPS) is 10.2. The van der Waals surface area contributed by atoms with Gasteiger partial charge in [0.2, 0.25) is 0 Å². The van der Waals surface area contributed by atoms with Gasteiger partial charge >= 0.3 is 0 Å². The molecule has 2 rings (SSSR count). The predicted molar refractivity (Wildman–Crippen MR) is 78.4 cm³/mol. The van der Waals surface area contributed by atoms with Gasteiger partial charge in [-0.3, -0.25) is 0 Å². The molecular formula is C13H8Cl3N3. The fourth-order valence-electron chi connectivity index (χ4n) is 1.71. The van der Waals surface area contributed by atoms with E-state index in [2.05, 4.69) is 11.1 Å². The van der Waals surface area contributed by atoms with Gasteiger partial charge in [-0.2, -0.15) is 5.26 Å². The van der Waals surface area contributed by atoms with Crippen molar-refractivity contribution in [2.75, 3.05) is 5.73 Å². The fraction of sp³-hybridized carbons (Fsp3) is 0.0769. The molecule has 6 heteroatoms. The Kier molecular flexibility index (Phi) is 4.16. The molecule has 2 aromatic rings. The summed E-state index contributed by atoms with van der Waals surface area (Å²) >= 11 is 18.2. The lowest BCUT2D eigenvalue weighted by molar-refractivity contribution is 1.20. The summed E-state index contributed by atoms with van der Waals surface area (Å²) in [6.45, 7) is 0. The maximum atomic E-state index is 8.72. The Hall–Kier alpha value is -1.47. The van der Waals surface area contributed by atoms with Crippen LogP contribution in [0.2, 0.25) is 15.1 Å². The standard InChI is InChI=1S/C13H8Cl3N3/c14-8-4-10(15)12(11(16)5-8)9-3-7(1-2-17)6-19-13(9)18/h3-6H,1H2,(H2,18,19). The van der Waals surface area contributed by atoms with E-state index in [9.17, 15) is 0 Å². The molecule has 0 amide bonds. The third kappa shape index (κ3) is 2.93. The zero-order valence-corrected chi connectivity index (χ0v) is 11.9. The quantitative estimate of drug-likeness (QED) is 0.896. The molecule has 3 nitrogen and oxygen atoms in total. The highest BCUT2D eigenvalue weighted by atomic mass is 35.5. The van der Waals surface area contributed by atoms with Crippen LogP contribution in [0, 0.1) is 11.3 Å². The fourth-order valence-corrected chi connectivity index (χ4v) is 2.73. The Morgan fingerprint density at radius 3 is 2.37 bits per heavy atom. The summed E-state index contributed by atoms with van der Waals surface area (Å²) in [4.78, 5) is 4.06. The first-order chi connectivity index (χ1) is 9.02. The number of benzene rings is 1. The monoisotopic (exact) mass is 311 g/mol. The Morgan fingerprint density at radius 1 is 1.16 bits per heavy atom. The Bertz CT molecular complexity index is 654. The van der Waals surface area contributed by atoms with Crippen LogP contribution in [0.3, 0.4) is 0 Å². The van der Waals surface area contributed by atoms with Gasteiger partial charge in [-0.05, 0) is 23.8 Å². The summed E-state index contributed by atoms with van der Waals surface area (Å²) in [6, 6.07) is 6.98. The zero-order valence-electron chi connectivity index (χ0n) is 9.62. The number of anilines is 1. The topological polar surface area (TPSA) is 62.7 Å². The summed E-state index contributed by atoms with van der Waals surface area (Å²) in [5.74, 6) is 0.299. The van der Waals surface area contributed by atoms with E-state index in [1.165, 1.54) is 0 Å². The van der Waals surface area contributed by atoms with Gasteiger partial charge in [0.15, 0.2) is 0 Å². The van der Waals surface area contributed by atoms with Crippen molar-refractivity contribution in [1.29, 1.82) is 5.26 Å². The largest absolute Gasteiger partial charge is 0.383 e. The SMILES string of the molecule is N#CCc1cnc(N)c(-c2c(Cl)cc(Cl)cc2Cl)c1. The Morgan fingerprint density at radius 2 is 1.79 bits per heavy atom. The lowest BCUT2D eigenvalue weighted by Gasteiger charge is -2.11. The first-order valence-electron chi connectivity index (χ1n) is 5.29. The number of nitrogen functional groups attached to an aromatic ring is 1. The molecule has 0 saturated carbocycles. The van der Waals surface area contributed by atoms with Gasteiger partial charge in [-0.1, -0.05) is 34.8 Å². The third-order valence-electron chi connectivity index (χ3n) is 2.53. The average molecular weight is 313 g/mol. The van der Waals surface area contributed by atoms with Gasteiger partial charge in [0.25, 0.3) is 0 Å². The van der Waals surface area contributed by atoms with E-state index in [0.717, 1.165) is 5.56 Å². The van der Waals surface area contributed by atoms with Crippen LogP contribution >= 0.6 is 34.8 Å². The minimum Gasteiger partial charge on any atom is -0.383 e. The lowest BCUT2D eigenvalue weighted by atomic mass is 10.0. The minimum absolute atomic E-state index is 0.239. The van der Waals surface area contributed by atoms with Gasteiger partial charge in [-0.25, -0.2) is 4.98 Å². The van der Waals surface area contributed by atoms with E-state index in [0.29, 0.717) is 32.0 Å². The Labute approximate surface area is 125 Å². The lowest BCUT2D eigenvalue weighted by Crippen LogP contribution is -1.97. The number of nitriles is 1. The van der Waals surface area contributed by atoms with Gasteiger partial charge in [-0.15, -0.1) is 0 Å². The second kappa shape index (κ2) is 5.66. The summed E-state index contributed by atoms with van der Waals surface area (Å²) in [5, 5.41) is 9.94. The molecule has 0 fully saturated rings. The molecule has 0 aliphatic heterocycles. The number of nitrogens with two attached hydrogens (primary N) is 1. The smallest absolute Gasteiger partial charge is 0.131 e. The van der Waals surface area contributed by atoms with E-state index < -0.39 is 0 Å². The van der Waals surface area contributed by atoms with Crippen LogP contribution in [0.15, 0.2) is 24.4 Å². The number of pyridine rings is 1. The molecule has 1 aromatic carbocycles. The molecule has 0 spiro atoms. The summed E-state index contributed by atoms with van der Waals surface area (Å²) < 4.78 is 0. The molecule has 0 aliphatic carbocycles. The molecule has 0 aliphatic rings. The van der Waals surface area contributed by atoms with Crippen LogP contribution in [-0.4, -0.2) is 4.98 Å². The Balaban J connectivity index is 2.65. The molecule has 0 radical (unpaired) electrons. The number of nitrogens with zero attached hydrogens (tertiary/aromatic N) is 2. The van der Waals surface area contributed by atoms with Crippen molar-refractivity contribution in [3.63, 3.8) is 0 Å². The van der Waals surface area contributed by atoms with E-state index in [1.54, 1.807) is 24.4 Å². The summed E-state index contributed by atoms with van der Waals surface area (Å²) in [7, 11) is 0. The van der Waals surface area contributed by atoms with Gasteiger partial charge in [0.05, 0.1) is 22.5 Å². The van der Waals surface area contributed by atoms with Crippen molar-refractivity contribution in [3.05, 3.63) is 45.0 Å². The molecule has 19 heavy (non-hydrogen) atoms. The van der Waals surface area contributed by atoms with Crippen molar-refractivity contribution in [2.24, 2.45) is 0 Å². The summed E-state index contributed by atoms with van der Waals surface area (Å²) in [5.41, 5.74) is 7.76. The van der Waals surface area contributed by atoms with Crippen LogP contribution < -0.4 is 5.73 Å². The van der Waals surface area contributed by atoms with Crippen molar-refractivity contribution >= 4 is 40.6 Å². The average Bonchev–Trinajstić information content (AvgIpc) is 2.32. The van der Waals surface area contributed by atoms with Gasteiger partial charge in [0, 0.05) is 22.3 Å². The first-order valence-corrected chi connectivity index (χ1v) is 6.42. The van der Waals surface area contributed by atoms with Crippen LogP contribution in [-0.2, 0) is 6.42 Å². The number of rotatable bonds is 2. The molecule has 0 bridgehead atoms. The van der Waals surface area contributed by atoms with E-state index in [-0.39, 0.29) is 6.42 Å². The number of hydrogen-bond acceptors (Lipinski definition) is 3. The highest BCUT2D eigenvalue weighted by Gasteiger charge is 2.14. The van der Waals surface area contributed by atoms with Crippen molar-refractivity contribution in [2.45, 2.75) is 6.42 Å². The molecule has 2 N–H and O–H groups in total. The van der Waals surface area contributed by atoms with Crippen molar-refractivity contribution in [3.8, 4) is 17.2 Å². The maximum absolute atomic E-state index is 8.72. The zero-order chi connectivity index (χ0) is 14.0. The molecule has 1 aromatic heterocycles. The molecule has 96 valence electrons. The minimum atomic E-state index is 0.239. The predicted octanol–water partition coefficient (Wildman–Crippen LogP) is 4.36. The first kappa shape index (κ1) is 14.0. The van der Waals surface area contributed by atoms with Crippen molar-refractivity contribution in [1.82, 2.24) is 4.98 Å². The third-order valence-corrected chi connectivity index (χ3v) is 3.35. The molecule has 0 atom stereocenters. The van der Waals surface area contributed by atoms with Crippen LogP contribution in [0.25, 0.3) is 11.1 Å². The van der Waals surface area contributed by atoms with Crippen LogP contribution in [0.4, 0.5) is 5.82 Å². The van der Waals surface area contributed by atoms with Gasteiger partial charge in [0.1, 0.15) is 5.82 Å². The second-order valence-electron chi connectivity index (χ2n) is 3.86. The maximum Gasteiger partial charge on any atom is 0.131 e. The van der Waals surface area contributed by atoms with Crippen molar-refractivity contribution < 1.29 is 0 Å². The van der Waals surface area contributed by atoms with Crippen LogP contribution in [0.1, 0.15) is 5.56 Å². The van der Waals surface area contributed by atoms with Crippen LogP contribution in [0.5, 0.6) is 0 Å². The molecular weight excluding hydrogens is 305 g/mol.